The van der Waals surface area contributed by atoms with Crippen LogP contribution in [0, 0.1) is 6.92 Å². The summed E-state index contributed by atoms with van der Waals surface area (Å²) in [6.45, 7) is 1.92. The van der Waals surface area contributed by atoms with Crippen molar-refractivity contribution < 1.29 is 0 Å². The minimum Gasteiger partial charge on any atom is -0.240 e. The summed E-state index contributed by atoms with van der Waals surface area (Å²) in [7, 11) is 0. The first-order valence-corrected chi connectivity index (χ1v) is 5.52. The molecule has 3 rings (SSSR count). The van der Waals surface area contributed by atoms with Crippen LogP contribution in [0.25, 0.3) is 6.20 Å². The normalized spacial score (nSPS) is 13.4. The van der Waals surface area contributed by atoms with Gasteiger partial charge in [0.15, 0.2) is 0 Å². The number of aromatic nitrogens is 2. The third-order valence-corrected chi connectivity index (χ3v) is 2.79. The number of imidazole rings is 1. The van der Waals surface area contributed by atoms with E-state index in [1.165, 1.54) is 0 Å². The van der Waals surface area contributed by atoms with Crippen LogP contribution >= 0.6 is 11.6 Å². The molecule has 0 saturated heterocycles. The molecule has 86 valence electrons. The van der Waals surface area contributed by atoms with E-state index in [9.17, 15) is 0 Å². The molecule has 0 fully saturated rings. The van der Waals surface area contributed by atoms with E-state index in [1.54, 1.807) is 11.3 Å². The first-order valence-electron chi connectivity index (χ1n) is 5.14. The van der Waals surface area contributed by atoms with Gasteiger partial charge in [-0.3, -0.25) is 0 Å². The highest BCUT2D eigenvalue weighted by Gasteiger charge is 2.07. The molecular formula is C11H10ClN5. The maximum absolute atomic E-state index is 5.91. The van der Waals surface area contributed by atoms with Crippen molar-refractivity contribution in [3.8, 4) is 0 Å². The molecule has 0 bridgehead atoms. The number of rotatable bonds is 1. The summed E-state index contributed by atoms with van der Waals surface area (Å²) in [5, 5.41) is 8.51. The molecule has 1 aliphatic rings. The molecular weight excluding hydrogens is 238 g/mol. The van der Waals surface area contributed by atoms with Crippen molar-refractivity contribution in [1.82, 2.24) is 15.2 Å². The number of fused-ring (bicyclic) bond motifs is 1. The molecule has 2 heterocycles. The Morgan fingerprint density at radius 3 is 3.00 bits per heavy atom. The monoisotopic (exact) mass is 247 g/mol. The Kier molecular flexibility index (Phi) is 2.26. The van der Waals surface area contributed by atoms with Gasteiger partial charge in [-0.2, -0.15) is 15.8 Å². The topological polar surface area (TPSA) is 45.5 Å². The van der Waals surface area contributed by atoms with Gasteiger partial charge in [0, 0.05) is 22.6 Å². The molecule has 0 aliphatic carbocycles. The van der Waals surface area contributed by atoms with Crippen LogP contribution in [0.15, 0.2) is 35.7 Å². The molecule has 0 atom stereocenters. The molecule has 1 aromatic heterocycles. The second-order valence-electron chi connectivity index (χ2n) is 3.71. The van der Waals surface area contributed by atoms with Crippen LogP contribution in [0.3, 0.4) is 0 Å². The van der Waals surface area contributed by atoms with E-state index >= 15 is 0 Å². The molecule has 0 amide bonds. The summed E-state index contributed by atoms with van der Waals surface area (Å²) in [4.78, 5) is 4.16. The molecule has 6 heteroatoms. The summed E-state index contributed by atoms with van der Waals surface area (Å²) in [5.41, 5.74) is 2.91. The zero-order valence-electron chi connectivity index (χ0n) is 9.13. The zero-order valence-corrected chi connectivity index (χ0v) is 9.89. The van der Waals surface area contributed by atoms with Gasteiger partial charge in [-0.05, 0) is 25.1 Å². The van der Waals surface area contributed by atoms with Gasteiger partial charge < -0.3 is 0 Å². The van der Waals surface area contributed by atoms with Crippen LogP contribution in [0.5, 0.6) is 0 Å². The molecule has 5 nitrogen and oxygen atoms in total. The second-order valence-corrected chi connectivity index (χ2v) is 4.14. The van der Waals surface area contributed by atoms with Gasteiger partial charge >= 0.3 is 0 Å². The average molecular weight is 248 g/mol. The van der Waals surface area contributed by atoms with E-state index in [4.69, 9.17) is 11.6 Å². The number of halogens is 1. The standard InChI is InChI=1S/C11H10ClN5/c1-8-13-4-5-16(8)17-7-9-2-3-10(12)6-11(9)14-15-17/h2-7,15H,1H3. The first kappa shape index (κ1) is 10.2. The van der Waals surface area contributed by atoms with Crippen molar-refractivity contribution in [2.45, 2.75) is 6.92 Å². The van der Waals surface area contributed by atoms with Gasteiger partial charge in [-0.1, -0.05) is 11.6 Å². The lowest BCUT2D eigenvalue weighted by molar-refractivity contribution is 0.561. The van der Waals surface area contributed by atoms with Crippen molar-refractivity contribution in [1.29, 1.82) is 0 Å². The zero-order chi connectivity index (χ0) is 11.8. The quantitative estimate of drug-likeness (QED) is 0.787. The Hall–Kier alpha value is -2.01. The van der Waals surface area contributed by atoms with Crippen molar-refractivity contribution in [2.24, 2.45) is 5.10 Å². The highest BCUT2D eigenvalue weighted by Crippen LogP contribution is 2.01. The highest BCUT2D eigenvalue weighted by molar-refractivity contribution is 6.30. The number of aryl methyl sites for hydroxylation is 1. The van der Waals surface area contributed by atoms with Gasteiger partial charge in [-0.25, -0.2) is 9.66 Å². The van der Waals surface area contributed by atoms with Gasteiger partial charge in [0.25, 0.3) is 0 Å². The van der Waals surface area contributed by atoms with Gasteiger partial charge in [-0.15, -0.1) is 0 Å². The summed E-state index contributed by atoms with van der Waals surface area (Å²) < 4.78 is 1.86. The Morgan fingerprint density at radius 1 is 1.35 bits per heavy atom. The maximum atomic E-state index is 5.91. The number of hydrogen-bond acceptors (Lipinski definition) is 4. The Morgan fingerprint density at radius 2 is 2.24 bits per heavy atom. The van der Waals surface area contributed by atoms with E-state index in [1.807, 2.05) is 42.2 Å². The number of benzene rings is 1. The summed E-state index contributed by atoms with van der Waals surface area (Å²) >= 11 is 5.91. The SMILES string of the molecule is Cc1nccn1N1C=c2ccc(Cl)cc2=NN1. The first-order chi connectivity index (χ1) is 8.24. The van der Waals surface area contributed by atoms with Crippen LogP contribution in [-0.4, -0.2) is 9.66 Å². The summed E-state index contributed by atoms with van der Waals surface area (Å²) in [6.07, 6.45) is 5.53. The fourth-order valence-corrected chi connectivity index (χ4v) is 1.86. The van der Waals surface area contributed by atoms with Crippen LogP contribution in [0.1, 0.15) is 5.82 Å². The maximum Gasteiger partial charge on any atom is 0.126 e. The minimum absolute atomic E-state index is 0.676. The Labute approximate surface area is 103 Å². The summed E-state index contributed by atoms with van der Waals surface area (Å²) in [6, 6.07) is 5.59. The summed E-state index contributed by atoms with van der Waals surface area (Å²) in [5.74, 6) is 0.876. The largest absolute Gasteiger partial charge is 0.240 e. The van der Waals surface area contributed by atoms with Crippen molar-refractivity contribution in [3.63, 3.8) is 0 Å². The van der Waals surface area contributed by atoms with Gasteiger partial charge in [0.2, 0.25) is 0 Å². The molecule has 0 unspecified atom stereocenters. The Balaban J connectivity index is 2.10. The van der Waals surface area contributed by atoms with E-state index in [2.05, 4.69) is 15.6 Å². The fourth-order valence-electron chi connectivity index (χ4n) is 1.70. The third-order valence-electron chi connectivity index (χ3n) is 2.56. The number of nitrogens with one attached hydrogen (secondary N) is 1. The van der Waals surface area contributed by atoms with Gasteiger partial charge in [0.05, 0.1) is 11.6 Å². The molecule has 0 saturated carbocycles. The highest BCUT2D eigenvalue weighted by atomic mass is 35.5. The minimum atomic E-state index is 0.676. The van der Waals surface area contributed by atoms with Crippen LogP contribution in [-0.2, 0) is 0 Å². The molecule has 0 radical (unpaired) electrons. The number of hydrazine groups is 1. The van der Waals surface area contributed by atoms with E-state index in [0.717, 1.165) is 16.4 Å². The van der Waals surface area contributed by atoms with Crippen LogP contribution in [0.2, 0.25) is 5.02 Å². The Bertz CT molecular complexity index is 675. The lowest BCUT2D eigenvalue weighted by atomic mass is 10.3. The van der Waals surface area contributed by atoms with Crippen LogP contribution < -0.4 is 21.2 Å². The fraction of sp³-hybridized carbons (Fsp3) is 0.0909. The smallest absolute Gasteiger partial charge is 0.126 e. The average Bonchev–Trinajstić information content (AvgIpc) is 2.75. The molecule has 17 heavy (non-hydrogen) atoms. The van der Waals surface area contributed by atoms with Gasteiger partial charge in [0.1, 0.15) is 5.82 Å². The molecule has 1 aliphatic heterocycles. The van der Waals surface area contributed by atoms with E-state index in [0.29, 0.717) is 5.02 Å². The lowest BCUT2D eigenvalue weighted by Gasteiger charge is -2.23. The molecule has 2 aromatic rings. The van der Waals surface area contributed by atoms with Crippen molar-refractivity contribution in [2.75, 3.05) is 5.12 Å². The van der Waals surface area contributed by atoms with Crippen molar-refractivity contribution in [3.05, 3.63) is 52.0 Å². The predicted octanol–water partition coefficient (Wildman–Crippen LogP) is 0.274. The molecule has 1 aromatic carbocycles. The number of hydrogen-bond donors (Lipinski definition) is 1. The predicted molar refractivity (Wildman–Crippen MR) is 65.0 cm³/mol. The second kappa shape index (κ2) is 3.78. The van der Waals surface area contributed by atoms with Crippen LogP contribution in [0.4, 0.5) is 0 Å². The van der Waals surface area contributed by atoms with E-state index in [-0.39, 0.29) is 0 Å². The molecule has 1 N–H and O–H groups in total. The molecule has 0 spiro atoms. The number of nitrogens with zero attached hydrogens (tertiary/aromatic N) is 4. The lowest BCUT2D eigenvalue weighted by Crippen LogP contribution is -2.48. The third kappa shape index (κ3) is 1.74. The van der Waals surface area contributed by atoms with Crippen molar-refractivity contribution >= 4 is 17.8 Å². The van der Waals surface area contributed by atoms with E-state index < -0.39 is 0 Å².